The summed E-state index contributed by atoms with van der Waals surface area (Å²) in [7, 11) is 0. The summed E-state index contributed by atoms with van der Waals surface area (Å²) in [5.41, 5.74) is 6.22. The highest BCUT2D eigenvalue weighted by molar-refractivity contribution is 8.18. The van der Waals surface area contributed by atoms with Crippen LogP contribution >= 0.6 is 11.8 Å². The van der Waals surface area contributed by atoms with Crippen molar-refractivity contribution in [2.75, 3.05) is 39.4 Å². The maximum atomic E-state index is 13.1. The molecule has 46 heavy (non-hydrogen) atoms. The molecule has 2 aromatic carbocycles. The Bertz CT molecular complexity index is 1470. The summed E-state index contributed by atoms with van der Waals surface area (Å²) in [5, 5.41) is 4.40. The molecule has 246 valence electrons. The lowest BCUT2D eigenvalue weighted by molar-refractivity contribution is -0.113. The van der Waals surface area contributed by atoms with Crippen molar-refractivity contribution < 1.29 is 9.53 Å². The number of nitroso groups, excluding NO2 is 1. The smallest absolute Gasteiger partial charge is 0.286 e. The molecule has 0 spiro atoms. The van der Waals surface area contributed by atoms with Gasteiger partial charge in [-0.15, -0.1) is 4.91 Å². The number of rotatable bonds is 10. The van der Waals surface area contributed by atoms with Gasteiger partial charge in [-0.3, -0.25) is 9.69 Å². The first kappa shape index (κ1) is 33.1. The Balaban J connectivity index is 1.39. The Morgan fingerprint density at radius 3 is 2.41 bits per heavy atom. The number of carbonyl (C=O) groups excluding carboxylic acids is 1. The summed E-state index contributed by atoms with van der Waals surface area (Å²) in [6, 6.07) is 12.9. The van der Waals surface area contributed by atoms with Crippen LogP contribution in [0.1, 0.15) is 89.3 Å². The first-order chi connectivity index (χ1) is 22.3. The molecule has 2 aromatic rings. The molecule has 1 amide bonds. The van der Waals surface area contributed by atoms with Crippen molar-refractivity contribution in [1.82, 2.24) is 9.80 Å². The number of hydrogen-bond acceptors (Lipinski definition) is 7. The lowest BCUT2D eigenvalue weighted by atomic mass is 9.54. The Morgan fingerprint density at radius 2 is 1.74 bits per heavy atom. The summed E-state index contributed by atoms with van der Waals surface area (Å²) < 4.78 is 5.64. The Morgan fingerprint density at radius 1 is 1.02 bits per heavy atom. The fraction of sp³-hybridized carbons (Fsp3) is 0.579. The van der Waals surface area contributed by atoms with Crippen molar-refractivity contribution in [3.63, 3.8) is 0 Å². The largest absolute Gasteiger partial charge is 0.379 e. The quantitative estimate of drug-likeness (QED) is 0.191. The average Bonchev–Trinajstić information content (AvgIpc) is 3.40. The van der Waals surface area contributed by atoms with Gasteiger partial charge in [-0.2, -0.15) is 4.99 Å². The Kier molecular flexibility index (Phi) is 10.5. The number of amidine groups is 1. The second-order valence-corrected chi connectivity index (χ2v) is 15.4. The molecule has 2 heterocycles. The zero-order valence-corrected chi connectivity index (χ0v) is 28.9. The van der Waals surface area contributed by atoms with Crippen molar-refractivity contribution in [3.8, 4) is 11.1 Å². The van der Waals surface area contributed by atoms with E-state index in [9.17, 15) is 9.70 Å². The summed E-state index contributed by atoms with van der Waals surface area (Å²) in [6.45, 7) is 15.0. The maximum Gasteiger partial charge on any atom is 0.286 e. The lowest BCUT2D eigenvalue weighted by Gasteiger charge is -2.50. The number of ether oxygens (including phenoxy) is 1. The van der Waals surface area contributed by atoms with Crippen LogP contribution in [-0.4, -0.2) is 60.3 Å². The predicted octanol–water partition coefficient (Wildman–Crippen LogP) is 8.78. The van der Waals surface area contributed by atoms with E-state index >= 15 is 0 Å². The highest BCUT2D eigenvalue weighted by atomic mass is 32.2. The Hall–Kier alpha value is -2.81. The molecule has 8 heteroatoms. The molecule has 2 atom stereocenters. The fourth-order valence-electron chi connectivity index (χ4n) is 8.86. The number of thioether (sulfide) groups is 1. The Labute approximate surface area is 279 Å². The second kappa shape index (κ2) is 14.5. The summed E-state index contributed by atoms with van der Waals surface area (Å²) in [4.78, 5) is 35.1. The molecule has 7 nitrogen and oxygen atoms in total. The molecule has 2 unspecified atom stereocenters. The van der Waals surface area contributed by atoms with E-state index in [0.29, 0.717) is 28.3 Å². The third-order valence-corrected chi connectivity index (χ3v) is 11.4. The third-order valence-electron chi connectivity index (χ3n) is 10.4. The van der Waals surface area contributed by atoms with Gasteiger partial charge in [-0.25, -0.2) is 0 Å². The normalized spacial score (nSPS) is 27.6. The van der Waals surface area contributed by atoms with Gasteiger partial charge in [0.25, 0.3) is 5.91 Å². The van der Waals surface area contributed by atoms with Crippen molar-refractivity contribution >= 4 is 34.6 Å². The molecule has 2 saturated carbocycles. The van der Waals surface area contributed by atoms with E-state index in [1.54, 1.807) is 0 Å². The van der Waals surface area contributed by atoms with Crippen LogP contribution in [0, 0.1) is 22.7 Å². The van der Waals surface area contributed by atoms with Crippen LogP contribution in [0.25, 0.3) is 17.2 Å². The monoisotopic (exact) mass is 642 g/mol. The topological polar surface area (TPSA) is 74.6 Å². The minimum atomic E-state index is -0.161. The van der Waals surface area contributed by atoms with E-state index in [1.165, 1.54) is 30.2 Å². The molecule has 0 aromatic heterocycles. The number of amides is 1. The second-order valence-electron chi connectivity index (χ2n) is 14.4. The zero-order chi connectivity index (χ0) is 32.3. The fourth-order valence-corrected chi connectivity index (χ4v) is 9.83. The predicted molar refractivity (Wildman–Crippen MR) is 190 cm³/mol. The van der Waals surface area contributed by atoms with Crippen molar-refractivity contribution in [2.24, 2.45) is 27.9 Å². The zero-order valence-electron chi connectivity index (χ0n) is 28.1. The molecule has 2 bridgehead atoms. The van der Waals surface area contributed by atoms with Crippen LogP contribution in [0.5, 0.6) is 0 Å². The van der Waals surface area contributed by atoms with Crippen LogP contribution < -0.4 is 0 Å². The number of nitrogens with zero attached hydrogens (tertiary/aromatic N) is 4. The van der Waals surface area contributed by atoms with Crippen molar-refractivity contribution in [2.45, 2.75) is 84.6 Å². The van der Waals surface area contributed by atoms with Gasteiger partial charge >= 0.3 is 0 Å². The number of morpholine rings is 1. The van der Waals surface area contributed by atoms with Gasteiger partial charge in [0.1, 0.15) is 5.69 Å². The van der Waals surface area contributed by atoms with Gasteiger partial charge in [0.2, 0.25) is 0 Å². The van der Waals surface area contributed by atoms with Crippen LogP contribution in [-0.2, 0) is 21.5 Å². The maximum absolute atomic E-state index is 13.1. The SMILES string of the molecule is CCCN(CCC)C1=NC(=O)/C(=C/c2ccc(CN3CCOCC3)c(-c3ccc(N=O)c(C45CC(C)CC(CC(C)C4)C5)c3)c2)S1. The van der Waals surface area contributed by atoms with Crippen LogP contribution in [0.15, 0.2) is 51.5 Å². The summed E-state index contributed by atoms with van der Waals surface area (Å²) >= 11 is 1.49. The van der Waals surface area contributed by atoms with Crippen molar-refractivity contribution in [3.05, 3.63) is 62.9 Å². The number of fused-ring (bicyclic) bond motifs is 2. The number of carbonyl (C=O) groups is 1. The summed E-state index contributed by atoms with van der Waals surface area (Å²) in [5.74, 6) is 1.83. The molecule has 4 aliphatic rings. The van der Waals surface area contributed by atoms with E-state index in [2.05, 4.69) is 78.0 Å². The van der Waals surface area contributed by atoms with Crippen LogP contribution in [0.4, 0.5) is 5.69 Å². The molecule has 1 saturated heterocycles. The molecule has 3 fully saturated rings. The van der Waals surface area contributed by atoms with Crippen LogP contribution in [0.3, 0.4) is 0 Å². The molecular formula is C38H50N4O3S. The number of aliphatic imine (C=N–C) groups is 1. The number of hydrogen-bond donors (Lipinski definition) is 0. The van der Waals surface area contributed by atoms with Gasteiger partial charge in [-0.05, 0) is 137 Å². The summed E-state index contributed by atoms with van der Waals surface area (Å²) in [6.07, 6.45) is 9.97. The van der Waals surface area contributed by atoms with E-state index in [4.69, 9.17) is 4.74 Å². The molecule has 0 radical (unpaired) electrons. The molecule has 2 aliphatic carbocycles. The highest BCUT2D eigenvalue weighted by Gasteiger charge is 2.46. The van der Waals surface area contributed by atoms with Crippen molar-refractivity contribution in [1.29, 1.82) is 0 Å². The first-order valence-electron chi connectivity index (χ1n) is 17.5. The van der Waals surface area contributed by atoms with Gasteiger partial charge in [0, 0.05) is 32.7 Å². The lowest BCUT2D eigenvalue weighted by Crippen LogP contribution is -2.42. The standard InChI is InChI=1S/C38H50N4O3S/c1-5-11-42(12-6-2)37-39-36(43)35(46-37)20-28-7-8-31(25-41-13-15-45-16-14-41)32(19-28)30-9-10-34(40-44)33(21-30)38-22-26(3)17-29(24-38)18-27(4)23-38/h7-10,19-21,26-27,29H,5-6,11-18,22-25H2,1-4H3/b35-20-. The highest BCUT2D eigenvalue weighted by Crippen LogP contribution is 2.56. The number of benzene rings is 2. The van der Waals surface area contributed by atoms with E-state index < -0.39 is 0 Å². The molecular weight excluding hydrogens is 593 g/mol. The minimum Gasteiger partial charge on any atom is -0.379 e. The molecule has 6 rings (SSSR count). The van der Waals surface area contributed by atoms with E-state index in [0.717, 1.165) is 105 Å². The van der Waals surface area contributed by atoms with Gasteiger partial charge in [0.15, 0.2) is 5.17 Å². The van der Waals surface area contributed by atoms with E-state index in [-0.39, 0.29) is 11.3 Å². The van der Waals surface area contributed by atoms with Crippen LogP contribution in [0.2, 0.25) is 0 Å². The van der Waals surface area contributed by atoms with Gasteiger partial charge in [-0.1, -0.05) is 45.9 Å². The molecule has 2 aliphatic heterocycles. The van der Waals surface area contributed by atoms with E-state index in [1.807, 2.05) is 12.1 Å². The van der Waals surface area contributed by atoms with Gasteiger partial charge in [0.05, 0.1) is 18.1 Å². The first-order valence-corrected chi connectivity index (χ1v) is 18.3. The molecule has 0 N–H and O–H groups in total. The third kappa shape index (κ3) is 7.19. The minimum absolute atomic E-state index is 0.00723. The average molecular weight is 643 g/mol. The van der Waals surface area contributed by atoms with Gasteiger partial charge < -0.3 is 9.64 Å².